The number of aliphatic hydroxyl groups excluding tert-OH is 2. The quantitative estimate of drug-likeness (QED) is 0.388. The van der Waals surface area contributed by atoms with Gasteiger partial charge in [-0.3, -0.25) is 9.59 Å². The lowest BCUT2D eigenvalue weighted by atomic mass is 9.43. The highest BCUT2D eigenvalue weighted by Crippen LogP contribution is 2.64. The maximum atomic E-state index is 14.5. The number of carbonyl (C=O) groups is 3. The molecule has 0 amide bonds. The smallest absolute Gasteiger partial charge is 0.338 e. The Balaban J connectivity index is 1.81. The van der Waals surface area contributed by atoms with Gasteiger partial charge in [-0.25, -0.2) is 4.79 Å². The SMILES string of the molecule is CC(=O)O[C@@]12CO[C@@H]1C[C@H](O)[C@@]1(C)C(=O)[C@H](C)C3=C(C)C(O)C[C@@](O)([C@@H](OC(=O)c4ccccc4)[C@H]21)C3(C)C. The first-order valence-electron chi connectivity index (χ1n) is 13.5. The predicted octanol–water partition coefficient (Wildman–Crippen LogP) is 2.36. The molecule has 3 fully saturated rings. The van der Waals surface area contributed by atoms with E-state index in [0.717, 1.165) is 0 Å². The highest BCUT2D eigenvalue weighted by molar-refractivity contribution is 5.92. The summed E-state index contributed by atoms with van der Waals surface area (Å²) in [4.78, 5) is 40.6. The van der Waals surface area contributed by atoms with Crippen LogP contribution in [0.15, 0.2) is 41.5 Å². The van der Waals surface area contributed by atoms with Crippen molar-refractivity contribution in [2.75, 3.05) is 6.61 Å². The summed E-state index contributed by atoms with van der Waals surface area (Å²) >= 11 is 0. The molecule has 1 aliphatic heterocycles. The lowest BCUT2D eigenvalue weighted by molar-refractivity contribution is -0.345. The van der Waals surface area contributed by atoms with Gasteiger partial charge in [0.05, 0.1) is 35.7 Å². The average Bonchev–Trinajstić information content (AvgIpc) is 2.87. The summed E-state index contributed by atoms with van der Waals surface area (Å²) in [6, 6.07) is 8.26. The van der Waals surface area contributed by atoms with Crippen molar-refractivity contribution in [3.8, 4) is 0 Å². The molecule has 3 aliphatic carbocycles. The number of hydrogen-bond acceptors (Lipinski definition) is 9. The normalized spacial score (nSPS) is 42.7. The van der Waals surface area contributed by atoms with Crippen molar-refractivity contribution in [2.24, 2.45) is 22.7 Å². The Morgan fingerprint density at radius 3 is 2.31 bits per heavy atom. The van der Waals surface area contributed by atoms with Crippen LogP contribution in [-0.2, 0) is 23.8 Å². The Kier molecular flexibility index (Phi) is 6.42. The zero-order chi connectivity index (χ0) is 28.7. The minimum Gasteiger partial charge on any atom is -0.455 e. The van der Waals surface area contributed by atoms with Gasteiger partial charge < -0.3 is 29.5 Å². The molecule has 9 heteroatoms. The third kappa shape index (κ3) is 3.63. The Bertz CT molecular complexity index is 1240. The minimum atomic E-state index is -1.91. The zero-order valence-electron chi connectivity index (χ0n) is 23.3. The van der Waals surface area contributed by atoms with Crippen molar-refractivity contribution in [1.82, 2.24) is 0 Å². The first-order valence-corrected chi connectivity index (χ1v) is 13.5. The van der Waals surface area contributed by atoms with Crippen LogP contribution in [-0.4, -0.2) is 75.3 Å². The van der Waals surface area contributed by atoms with E-state index in [2.05, 4.69) is 0 Å². The molecule has 4 aliphatic rings. The topological polar surface area (TPSA) is 140 Å². The summed E-state index contributed by atoms with van der Waals surface area (Å²) in [7, 11) is 0. The van der Waals surface area contributed by atoms with Crippen molar-refractivity contribution >= 4 is 17.7 Å². The van der Waals surface area contributed by atoms with E-state index in [1.54, 1.807) is 65.0 Å². The second kappa shape index (κ2) is 8.96. The first-order chi connectivity index (χ1) is 18.1. The lowest BCUT2D eigenvalue weighted by Crippen LogP contribution is -2.81. The summed E-state index contributed by atoms with van der Waals surface area (Å²) in [6.45, 7) is 9.78. The number of carbonyl (C=O) groups excluding carboxylic acids is 3. The molecule has 1 saturated heterocycles. The average molecular weight is 543 g/mol. The molecule has 9 nitrogen and oxygen atoms in total. The molecule has 2 bridgehead atoms. The molecule has 5 rings (SSSR count). The fourth-order valence-electron chi connectivity index (χ4n) is 8.16. The summed E-state index contributed by atoms with van der Waals surface area (Å²) in [5.41, 5.74) is -4.73. The van der Waals surface area contributed by atoms with Crippen molar-refractivity contribution in [2.45, 2.75) is 90.0 Å². The second-order valence-corrected chi connectivity index (χ2v) is 12.5. The summed E-state index contributed by atoms with van der Waals surface area (Å²) < 4.78 is 17.9. The van der Waals surface area contributed by atoms with E-state index in [4.69, 9.17) is 14.2 Å². The van der Waals surface area contributed by atoms with Gasteiger partial charge in [0.1, 0.15) is 23.6 Å². The van der Waals surface area contributed by atoms with Gasteiger partial charge in [-0.15, -0.1) is 0 Å². The Morgan fingerprint density at radius 1 is 1.10 bits per heavy atom. The molecule has 0 aromatic heterocycles. The highest BCUT2D eigenvalue weighted by Gasteiger charge is 2.77. The molecular formula is C30H38O9. The van der Waals surface area contributed by atoms with E-state index < -0.39 is 70.2 Å². The Hall–Kier alpha value is -2.59. The van der Waals surface area contributed by atoms with Crippen LogP contribution in [0, 0.1) is 22.7 Å². The molecule has 212 valence electrons. The van der Waals surface area contributed by atoms with Crippen LogP contribution in [0.3, 0.4) is 0 Å². The minimum absolute atomic E-state index is 0.0283. The molecule has 0 spiro atoms. The highest BCUT2D eigenvalue weighted by atomic mass is 16.6. The molecule has 1 aromatic rings. The third-order valence-electron chi connectivity index (χ3n) is 10.2. The van der Waals surface area contributed by atoms with E-state index >= 15 is 0 Å². The monoisotopic (exact) mass is 542 g/mol. The third-order valence-corrected chi connectivity index (χ3v) is 10.2. The van der Waals surface area contributed by atoms with E-state index in [0.29, 0.717) is 11.1 Å². The number of fused-ring (bicyclic) bond motifs is 5. The Labute approximate surface area is 228 Å². The van der Waals surface area contributed by atoms with Gasteiger partial charge in [-0.2, -0.15) is 0 Å². The van der Waals surface area contributed by atoms with Crippen LogP contribution in [0.1, 0.15) is 64.7 Å². The number of aliphatic hydroxyl groups is 3. The second-order valence-electron chi connectivity index (χ2n) is 12.5. The number of esters is 2. The van der Waals surface area contributed by atoms with Crippen LogP contribution < -0.4 is 0 Å². The van der Waals surface area contributed by atoms with Crippen LogP contribution in [0.2, 0.25) is 0 Å². The van der Waals surface area contributed by atoms with Gasteiger partial charge in [-0.05, 0) is 37.1 Å². The van der Waals surface area contributed by atoms with Gasteiger partial charge in [-0.1, -0.05) is 39.0 Å². The number of ether oxygens (including phenoxy) is 3. The molecule has 9 atom stereocenters. The van der Waals surface area contributed by atoms with Crippen molar-refractivity contribution in [1.29, 1.82) is 0 Å². The van der Waals surface area contributed by atoms with Crippen LogP contribution in [0.25, 0.3) is 0 Å². The van der Waals surface area contributed by atoms with Crippen LogP contribution >= 0.6 is 0 Å². The van der Waals surface area contributed by atoms with Gasteiger partial charge in [0.2, 0.25) is 0 Å². The molecular weight excluding hydrogens is 504 g/mol. The number of rotatable bonds is 3. The number of hydrogen-bond donors (Lipinski definition) is 3. The maximum Gasteiger partial charge on any atom is 0.338 e. The Morgan fingerprint density at radius 2 is 1.74 bits per heavy atom. The molecule has 1 aromatic carbocycles. The summed E-state index contributed by atoms with van der Waals surface area (Å²) in [5, 5.41) is 35.5. The van der Waals surface area contributed by atoms with E-state index in [9.17, 15) is 29.7 Å². The number of ketones is 1. The van der Waals surface area contributed by atoms with Crippen molar-refractivity contribution in [3.05, 3.63) is 47.0 Å². The number of benzene rings is 1. The van der Waals surface area contributed by atoms with Crippen molar-refractivity contribution in [3.63, 3.8) is 0 Å². The molecule has 3 N–H and O–H groups in total. The van der Waals surface area contributed by atoms with Gasteiger partial charge in [0.25, 0.3) is 0 Å². The fourth-order valence-corrected chi connectivity index (χ4v) is 8.16. The van der Waals surface area contributed by atoms with Crippen LogP contribution in [0.4, 0.5) is 0 Å². The maximum absolute atomic E-state index is 14.5. The molecule has 0 radical (unpaired) electrons. The molecule has 1 unspecified atom stereocenters. The number of Topliss-reactive ketones (excluding diaryl/α,β-unsaturated/α-hetero) is 1. The van der Waals surface area contributed by atoms with Gasteiger partial charge in [0.15, 0.2) is 5.60 Å². The molecule has 39 heavy (non-hydrogen) atoms. The van der Waals surface area contributed by atoms with E-state index in [1.165, 1.54) is 6.92 Å². The summed E-state index contributed by atoms with van der Waals surface area (Å²) in [6.07, 6.45) is -4.73. The summed E-state index contributed by atoms with van der Waals surface area (Å²) in [5.74, 6) is -3.66. The largest absolute Gasteiger partial charge is 0.455 e. The van der Waals surface area contributed by atoms with Crippen LogP contribution in [0.5, 0.6) is 0 Å². The predicted molar refractivity (Wildman–Crippen MR) is 138 cm³/mol. The zero-order valence-corrected chi connectivity index (χ0v) is 23.3. The van der Waals surface area contributed by atoms with Crippen molar-refractivity contribution < 1.29 is 43.9 Å². The van der Waals surface area contributed by atoms with Gasteiger partial charge in [0, 0.05) is 31.1 Å². The fraction of sp³-hybridized carbons (Fsp3) is 0.633. The standard InChI is InChI=1S/C30H38O9/c1-15-19(32)13-30(36)25(38-26(35)18-10-8-7-9-11-18)23-28(6,24(34)16(2)22(15)27(30,4)5)20(33)12-21-29(23,14-37-21)39-17(3)31/h7-11,16,19-21,23,25,32-33,36H,12-14H2,1-6H3/t16-,19?,20+,21-,23+,25+,28-,29+,30-/m1/s1. The van der Waals surface area contributed by atoms with E-state index in [1.807, 2.05) is 0 Å². The lowest BCUT2D eigenvalue weighted by Gasteiger charge is -2.67. The molecule has 1 heterocycles. The van der Waals surface area contributed by atoms with Gasteiger partial charge >= 0.3 is 11.9 Å². The first kappa shape index (κ1) is 28.0. The molecule has 2 saturated carbocycles. The van der Waals surface area contributed by atoms with E-state index in [-0.39, 0.29) is 30.8 Å².